The number of pyridine rings is 1. The average molecular weight is 304 g/mol. The number of hydrogen-bond donors (Lipinski definition) is 0. The minimum absolute atomic E-state index is 0.673. The molecular weight excluding hydrogens is 276 g/mol. The molecule has 2 fully saturated rings. The van der Waals surface area contributed by atoms with Crippen LogP contribution in [0.15, 0.2) is 18.3 Å². The maximum absolute atomic E-state index is 5.92. The van der Waals surface area contributed by atoms with Gasteiger partial charge >= 0.3 is 0 Å². The summed E-state index contributed by atoms with van der Waals surface area (Å²) in [6.45, 7) is 8.47. The van der Waals surface area contributed by atoms with Gasteiger partial charge in [0.05, 0.1) is 6.61 Å². The molecule has 1 aromatic heterocycles. The molecule has 2 aliphatic heterocycles. The van der Waals surface area contributed by atoms with Crippen molar-refractivity contribution in [1.82, 2.24) is 9.88 Å². The highest BCUT2D eigenvalue weighted by atomic mass is 16.5. The Kier molecular flexibility index (Phi) is 5.68. The summed E-state index contributed by atoms with van der Waals surface area (Å²) in [5.74, 6) is 2.32. The first-order valence-corrected chi connectivity index (χ1v) is 8.66. The van der Waals surface area contributed by atoms with Crippen molar-refractivity contribution >= 4 is 0 Å². The summed E-state index contributed by atoms with van der Waals surface area (Å²) in [7, 11) is 0. The summed E-state index contributed by atoms with van der Waals surface area (Å²) >= 11 is 0. The Morgan fingerprint density at radius 1 is 1.18 bits per heavy atom. The molecule has 1 aromatic rings. The number of likely N-dealkylation sites (tertiary alicyclic amines) is 1. The van der Waals surface area contributed by atoms with Gasteiger partial charge in [0, 0.05) is 31.5 Å². The Balaban J connectivity index is 1.37. The summed E-state index contributed by atoms with van der Waals surface area (Å²) in [4.78, 5) is 6.95. The van der Waals surface area contributed by atoms with Gasteiger partial charge in [-0.1, -0.05) is 6.07 Å². The van der Waals surface area contributed by atoms with Crippen LogP contribution in [0, 0.1) is 18.8 Å². The van der Waals surface area contributed by atoms with Crippen LogP contribution in [0.5, 0.6) is 5.88 Å². The molecule has 0 radical (unpaired) electrons. The maximum Gasteiger partial charge on any atom is 0.216 e. The molecular formula is C18H28N2O2. The van der Waals surface area contributed by atoms with Crippen molar-refractivity contribution in [3.63, 3.8) is 0 Å². The molecule has 3 heterocycles. The SMILES string of the molecule is Cc1cccnc1OCC1CCN(CC2CCOCC2)CC1. The highest BCUT2D eigenvalue weighted by molar-refractivity contribution is 5.23. The number of aryl methyl sites for hydroxylation is 1. The van der Waals surface area contributed by atoms with Crippen LogP contribution in [0.4, 0.5) is 0 Å². The van der Waals surface area contributed by atoms with Gasteiger partial charge in [-0.15, -0.1) is 0 Å². The van der Waals surface area contributed by atoms with Gasteiger partial charge in [-0.3, -0.25) is 0 Å². The van der Waals surface area contributed by atoms with E-state index in [2.05, 4.69) is 22.9 Å². The zero-order chi connectivity index (χ0) is 15.2. The first-order chi connectivity index (χ1) is 10.8. The van der Waals surface area contributed by atoms with E-state index in [1.54, 1.807) is 6.20 Å². The van der Waals surface area contributed by atoms with E-state index in [0.717, 1.165) is 37.2 Å². The minimum atomic E-state index is 0.673. The van der Waals surface area contributed by atoms with Crippen molar-refractivity contribution in [2.75, 3.05) is 39.5 Å². The molecule has 0 spiro atoms. The topological polar surface area (TPSA) is 34.6 Å². The molecule has 0 N–H and O–H groups in total. The molecule has 0 amide bonds. The van der Waals surface area contributed by atoms with Crippen LogP contribution >= 0.6 is 0 Å². The lowest BCUT2D eigenvalue weighted by Gasteiger charge is -2.35. The van der Waals surface area contributed by atoms with Crippen LogP contribution in [0.2, 0.25) is 0 Å². The number of piperidine rings is 1. The van der Waals surface area contributed by atoms with Crippen LogP contribution in [-0.2, 0) is 4.74 Å². The van der Waals surface area contributed by atoms with Crippen LogP contribution in [0.1, 0.15) is 31.2 Å². The van der Waals surface area contributed by atoms with E-state index >= 15 is 0 Å². The molecule has 2 saturated heterocycles. The van der Waals surface area contributed by atoms with Gasteiger partial charge in [-0.25, -0.2) is 4.98 Å². The molecule has 4 heteroatoms. The highest BCUT2D eigenvalue weighted by Crippen LogP contribution is 2.23. The fourth-order valence-electron chi connectivity index (χ4n) is 3.45. The van der Waals surface area contributed by atoms with Gasteiger partial charge in [-0.05, 0) is 63.6 Å². The third-order valence-electron chi connectivity index (χ3n) is 4.98. The summed E-state index contributed by atoms with van der Waals surface area (Å²) in [5.41, 5.74) is 1.12. The molecule has 0 bridgehead atoms. The van der Waals surface area contributed by atoms with E-state index < -0.39 is 0 Å². The molecule has 0 unspecified atom stereocenters. The lowest BCUT2D eigenvalue weighted by Crippen LogP contribution is -2.39. The van der Waals surface area contributed by atoms with Gasteiger partial charge < -0.3 is 14.4 Å². The van der Waals surface area contributed by atoms with E-state index in [4.69, 9.17) is 9.47 Å². The van der Waals surface area contributed by atoms with E-state index in [1.807, 2.05) is 6.07 Å². The van der Waals surface area contributed by atoms with Crippen molar-refractivity contribution in [2.45, 2.75) is 32.6 Å². The lowest BCUT2D eigenvalue weighted by molar-refractivity contribution is 0.0444. The smallest absolute Gasteiger partial charge is 0.216 e. The van der Waals surface area contributed by atoms with Gasteiger partial charge in [0.2, 0.25) is 5.88 Å². The predicted molar refractivity (Wildman–Crippen MR) is 87.2 cm³/mol. The highest BCUT2D eigenvalue weighted by Gasteiger charge is 2.23. The molecule has 0 aromatic carbocycles. The number of aromatic nitrogens is 1. The standard InChI is InChI=1S/C18H28N2O2/c1-15-3-2-8-19-18(15)22-14-17-4-9-20(10-5-17)13-16-6-11-21-12-7-16/h2-3,8,16-17H,4-7,9-14H2,1H3. The van der Waals surface area contributed by atoms with Crippen molar-refractivity contribution in [1.29, 1.82) is 0 Å². The predicted octanol–water partition coefficient (Wildman–Crippen LogP) is 2.91. The normalized spacial score (nSPS) is 21.9. The first kappa shape index (κ1) is 15.8. The average Bonchev–Trinajstić information content (AvgIpc) is 2.56. The van der Waals surface area contributed by atoms with E-state index in [-0.39, 0.29) is 0 Å². The Hall–Kier alpha value is -1.13. The summed E-state index contributed by atoms with van der Waals surface area (Å²) in [5, 5.41) is 0. The molecule has 122 valence electrons. The molecule has 2 aliphatic rings. The zero-order valence-corrected chi connectivity index (χ0v) is 13.7. The molecule has 0 aliphatic carbocycles. The van der Waals surface area contributed by atoms with E-state index in [1.165, 1.54) is 45.3 Å². The number of rotatable bonds is 5. The van der Waals surface area contributed by atoms with Crippen molar-refractivity contribution in [3.8, 4) is 5.88 Å². The van der Waals surface area contributed by atoms with E-state index in [0.29, 0.717) is 5.92 Å². The number of nitrogens with zero attached hydrogens (tertiary/aromatic N) is 2. The number of ether oxygens (including phenoxy) is 2. The fraction of sp³-hybridized carbons (Fsp3) is 0.722. The Morgan fingerprint density at radius 3 is 2.68 bits per heavy atom. The van der Waals surface area contributed by atoms with Crippen LogP contribution in [0.25, 0.3) is 0 Å². The summed E-state index contributed by atoms with van der Waals surface area (Å²) in [6.07, 6.45) is 6.77. The molecule has 22 heavy (non-hydrogen) atoms. The Labute approximate surface area is 133 Å². The third-order valence-corrected chi connectivity index (χ3v) is 4.98. The molecule has 3 rings (SSSR count). The lowest BCUT2D eigenvalue weighted by atomic mass is 9.94. The maximum atomic E-state index is 5.92. The monoisotopic (exact) mass is 304 g/mol. The zero-order valence-electron chi connectivity index (χ0n) is 13.7. The third kappa shape index (κ3) is 4.43. The number of hydrogen-bond acceptors (Lipinski definition) is 4. The van der Waals surface area contributed by atoms with Crippen LogP contribution in [0.3, 0.4) is 0 Å². The van der Waals surface area contributed by atoms with Crippen molar-refractivity contribution < 1.29 is 9.47 Å². The van der Waals surface area contributed by atoms with Gasteiger partial charge in [-0.2, -0.15) is 0 Å². The molecule has 0 atom stereocenters. The second-order valence-electron chi connectivity index (χ2n) is 6.74. The van der Waals surface area contributed by atoms with Gasteiger partial charge in [0.25, 0.3) is 0 Å². The van der Waals surface area contributed by atoms with Gasteiger partial charge in [0.1, 0.15) is 0 Å². The van der Waals surface area contributed by atoms with Crippen molar-refractivity contribution in [3.05, 3.63) is 23.9 Å². The van der Waals surface area contributed by atoms with Gasteiger partial charge in [0.15, 0.2) is 0 Å². The van der Waals surface area contributed by atoms with E-state index in [9.17, 15) is 0 Å². The molecule has 0 saturated carbocycles. The largest absolute Gasteiger partial charge is 0.477 e. The van der Waals surface area contributed by atoms with Crippen molar-refractivity contribution in [2.24, 2.45) is 11.8 Å². The minimum Gasteiger partial charge on any atom is -0.477 e. The second kappa shape index (κ2) is 7.93. The summed E-state index contributed by atoms with van der Waals surface area (Å²) in [6, 6.07) is 4.01. The van der Waals surface area contributed by atoms with Crippen LogP contribution in [-0.4, -0.2) is 49.3 Å². The Morgan fingerprint density at radius 2 is 1.95 bits per heavy atom. The van der Waals surface area contributed by atoms with Crippen LogP contribution < -0.4 is 4.74 Å². The molecule has 4 nitrogen and oxygen atoms in total. The quantitative estimate of drug-likeness (QED) is 0.838. The fourth-order valence-corrected chi connectivity index (χ4v) is 3.45. The summed E-state index contributed by atoms with van der Waals surface area (Å²) < 4.78 is 11.4. The first-order valence-electron chi connectivity index (χ1n) is 8.66. The Bertz CT molecular complexity index is 452. The second-order valence-corrected chi connectivity index (χ2v) is 6.74.